The van der Waals surface area contributed by atoms with Gasteiger partial charge in [0.25, 0.3) is 0 Å². The summed E-state index contributed by atoms with van der Waals surface area (Å²) in [5.74, 6) is 2.04. The van der Waals surface area contributed by atoms with Crippen LogP contribution in [0.2, 0.25) is 0 Å². The molecule has 0 aromatic heterocycles. The number of para-hydroxylation sites is 1. The Balaban J connectivity index is 1.74. The fourth-order valence-corrected chi connectivity index (χ4v) is 3.61. The summed E-state index contributed by atoms with van der Waals surface area (Å²) < 4.78 is 5.82. The second kappa shape index (κ2) is 7.86. The second-order valence-electron chi connectivity index (χ2n) is 5.04. The van der Waals surface area contributed by atoms with Crippen molar-refractivity contribution in [2.45, 2.75) is 18.6 Å². The molecule has 0 aliphatic carbocycles. The van der Waals surface area contributed by atoms with Gasteiger partial charge in [-0.05, 0) is 18.6 Å². The third-order valence-corrected chi connectivity index (χ3v) is 4.71. The van der Waals surface area contributed by atoms with Gasteiger partial charge in [-0.15, -0.1) is 0 Å². The van der Waals surface area contributed by atoms with Crippen LogP contribution in [-0.2, 0) is 0 Å². The maximum absolute atomic E-state index is 5.82. The lowest BCUT2D eigenvalue weighted by atomic mass is 10.2. The average Bonchev–Trinajstić information content (AvgIpc) is 2.44. The topological polar surface area (TPSA) is 38.5 Å². The Morgan fingerprint density at radius 2 is 2.30 bits per heavy atom. The SMILES string of the molecule is CC1CN(CCCOc2ccccc2C(N)=S)CCS1. The maximum Gasteiger partial charge on any atom is 0.129 e. The minimum Gasteiger partial charge on any atom is -0.493 e. The number of thiocarbonyl (C=S) groups is 1. The minimum atomic E-state index is 0.391. The Hall–Kier alpha value is -0.780. The first kappa shape index (κ1) is 15.6. The van der Waals surface area contributed by atoms with Gasteiger partial charge in [-0.2, -0.15) is 11.8 Å². The number of rotatable bonds is 6. The normalized spacial score (nSPS) is 19.8. The van der Waals surface area contributed by atoms with Crippen LogP contribution in [0.4, 0.5) is 0 Å². The molecule has 1 aromatic rings. The zero-order valence-electron chi connectivity index (χ0n) is 11.9. The van der Waals surface area contributed by atoms with Crippen LogP contribution in [0.3, 0.4) is 0 Å². The van der Waals surface area contributed by atoms with Crippen LogP contribution in [0.15, 0.2) is 24.3 Å². The van der Waals surface area contributed by atoms with E-state index in [1.165, 1.54) is 18.8 Å². The summed E-state index contributed by atoms with van der Waals surface area (Å²) in [6.45, 7) is 6.48. The van der Waals surface area contributed by atoms with E-state index in [4.69, 9.17) is 22.7 Å². The lowest BCUT2D eigenvalue weighted by Gasteiger charge is -2.30. The molecule has 0 amide bonds. The van der Waals surface area contributed by atoms with E-state index in [1.54, 1.807) is 0 Å². The number of nitrogens with two attached hydrogens (primary N) is 1. The van der Waals surface area contributed by atoms with Crippen molar-refractivity contribution in [2.24, 2.45) is 5.73 Å². The molecule has 2 rings (SSSR count). The smallest absolute Gasteiger partial charge is 0.129 e. The van der Waals surface area contributed by atoms with Gasteiger partial charge in [0.1, 0.15) is 10.7 Å². The molecule has 0 spiro atoms. The largest absolute Gasteiger partial charge is 0.493 e. The van der Waals surface area contributed by atoms with Gasteiger partial charge < -0.3 is 15.4 Å². The first-order chi connectivity index (χ1) is 9.66. The Bertz CT molecular complexity index is 453. The van der Waals surface area contributed by atoms with E-state index in [1.807, 2.05) is 24.3 Å². The average molecular weight is 310 g/mol. The van der Waals surface area contributed by atoms with Crippen LogP contribution in [0.1, 0.15) is 18.9 Å². The molecule has 2 N–H and O–H groups in total. The van der Waals surface area contributed by atoms with Crippen LogP contribution >= 0.6 is 24.0 Å². The molecular weight excluding hydrogens is 288 g/mol. The first-order valence-corrected chi connectivity index (χ1v) is 8.48. The minimum absolute atomic E-state index is 0.391. The molecular formula is C15H22N2OS2. The molecule has 5 heteroatoms. The van der Waals surface area contributed by atoms with Crippen molar-refractivity contribution in [2.75, 3.05) is 32.0 Å². The van der Waals surface area contributed by atoms with Crippen LogP contribution in [0.25, 0.3) is 0 Å². The standard InChI is InChI=1S/C15H22N2OS2/c1-12-11-17(8-10-20-12)7-4-9-18-14-6-3-2-5-13(14)15(16)19/h2-3,5-6,12H,4,7-11H2,1H3,(H2,16,19). The highest BCUT2D eigenvalue weighted by molar-refractivity contribution is 7.99. The Morgan fingerprint density at radius 3 is 3.05 bits per heavy atom. The van der Waals surface area contributed by atoms with Crippen LogP contribution in [0, 0.1) is 0 Å². The molecule has 1 saturated heterocycles. The van der Waals surface area contributed by atoms with Gasteiger partial charge in [-0.3, -0.25) is 0 Å². The van der Waals surface area contributed by atoms with Gasteiger partial charge >= 0.3 is 0 Å². The van der Waals surface area contributed by atoms with Gasteiger partial charge in [0.05, 0.1) is 12.2 Å². The van der Waals surface area contributed by atoms with E-state index in [-0.39, 0.29) is 0 Å². The van der Waals surface area contributed by atoms with E-state index < -0.39 is 0 Å². The molecule has 1 aromatic carbocycles. The van der Waals surface area contributed by atoms with Gasteiger partial charge in [0, 0.05) is 30.6 Å². The van der Waals surface area contributed by atoms with Crippen molar-refractivity contribution in [1.29, 1.82) is 0 Å². The Labute approximate surface area is 130 Å². The highest BCUT2D eigenvalue weighted by Crippen LogP contribution is 2.19. The number of thioether (sulfide) groups is 1. The van der Waals surface area contributed by atoms with E-state index in [0.29, 0.717) is 11.6 Å². The van der Waals surface area contributed by atoms with Crippen molar-refractivity contribution in [3.8, 4) is 5.75 Å². The molecule has 110 valence electrons. The van der Waals surface area contributed by atoms with Crippen molar-refractivity contribution in [1.82, 2.24) is 4.90 Å². The van der Waals surface area contributed by atoms with Crippen LogP contribution in [-0.4, -0.2) is 47.1 Å². The summed E-state index contributed by atoms with van der Waals surface area (Å²) in [6.07, 6.45) is 1.03. The monoisotopic (exact) mass is 310 g/mol. The number of hydrogen-bond acceptors (Lipinski definition) is 4. The molecule has 0 radical (unpaired) electrons. The number of ether oxygens (including phenoxy) is 1. The van der Waals surface area contributed by atoms with Gasteiger partial charge in [0.15, 0.2) is 0 Å². The highest BCUT2D eigenvalue weighted by Gasteiger charge is 2.15. The molecule has 1 unspecified atom stereocenters. The van der Waals surface area contributed by atoms with Gasteiger partial charge in [0.2, 0.25) is 0 Å². The Kier molecular flexibility index (Phi) is 6.13. The molecule has 1 fully saturated rings. The number of hydrogen-bond donors (Lipinski definition) is 1. The van der Waals surface area contributed by atoms with E-state index >= 15 is 0 Å². The van der Waals surface area contributed by atoms with Crippen molar-refractivity contribution < 1.29 is 4.74 Å². The van der Waals surface area contributed by atoms with Crippen molar-refractivity contribution >= 4 is 29.0 Å². The van der Waals surface area contributed by atoms with Gasteiger partial charge in [-0.25, -0.2) is 0 Å². The predicted molar refractivity (Wildman–Crippen MR) is 90.8 cm³/mol. The molecule has 0 bridgehead atoms. The molecule has 20 heavy (non-hydrogen) atoms. The molecule has 1 atom stereocenters. The quantitative estimate of drug-likeness (QED) is 0.646. The summed E-state index contributed by atoms with van der Waals surface area (Å²) in [4.78, 5) is 2.91. The maximum atomic E-state index is 5.82. The summed E-state index contributed by atoms with van der Waals surface area (Å²) in [7, 11) is 0. The molecule has 1 aliphatic rings. The summed E-state index contributed by atoms with van der Waals surface area (Å²) in [5.41, 5.74) is 6.52. The second-order valence-corrected chi connectivity index (χ2v) is 7.03. The third kappa shape index (κ3) is 4.65. The zero-order chi connectivity index (χ0) is 14.4. The summed E-state index contributed by atoms with van der Waals surface area (Å²) in [6, 6.07) is 7.70. The molecule has 1 heterocycles. The van der Waals surface area contributed by atoms with E-state index in [0.717, 1.165) is 29.5 Å². The third-order valence-electron chi connectivity index (χ3n) is 3.35. The van der Waals surface area contributed by atoms with E-state index in [2.05, 4.69) is 23.6 Å². The molecule has 1 aliphatic heterocycles. The van der Waals surface area contributed by atoms with Crippen molar-refractivity contribution in [3.05, 3.63) is 29.8 Å². The molecule has 0 saturated carbocycles. The number of benzene rings is 1. The lowest BCUT2D eigenvalue weighted by molar-refractivity contribution is 0.240. The summed E-state index contributed by atoms with van der Waals surface area (Å²) >= 11 is 7.09. The highest BCUT2D eigenvalue weighted by atomic mass is 32.2. The predicted octanol–water partition coefficient (Wildman–Crippen LogP) is 2.53. The van der Waals surface area contributed by atoms with Crippen LogP contribution < -0.4 is 10.5 Å². The fourth-order valence-electron chi connectivity index (χ4n) is 2.36. The van der Waals surface area contributed by atoms with E-state index in [9.17, 15) is 0 Å². The molecule has 3 nitrogen and oxygen atoms in total. The van der Waals surface area contributed by atoms with Crippen molar-refractivity contribution in [3.63, 3.8) is 0 Å². The van der Waals surface area contributed by atoms with Crippen LogP contribution in [0.5, 0.6) is 5.75 Å². The van der Waals surface area contributed by atoms with Gasteiger partial charge in [-0.1, -0.05) is 31.3 Å². The first-order valence-electron chi connectivity index (χ1n) is 7.02. The zero-order valence-corrected chi connectivity index (χ0v) is 13.5. The number of nitrogens with zero attached hydrogens (tertiary/aromatic N) is 1. The summed E-state index contributed by atoms with van der Waals surface area (Å²) in [5, 5.41) is 0.750. The fraction of sp³-hybridized carbons (Fsp3) is 0.533. The Morgan fingerprint density at radius 1 is 1.50 bits per heavy atom. The lowest BCUT2D eigenvalue weighted by Crippen LogP contribution is -2.37.